The van der Waals surface area contributed by atoms with Crippen LogP contribution in [0.25, 0.3) is 11.5 Å². The molecule has 1 saturated heterocycles. The molecule has 2 aromatic heterocycles. The fraction of sp³-hybridized carbons (Fsp3) is 0.600. The van der Waals surface area contributed by atoms with Crippen LogP contribution in [0.4, 0.5) is 19.2 Å². The van der Waals surface area contributed by atoms with Crippen LogP contribution in [-0.2, 0) is 11.0 Å². The Kier molecular flexibility index (Phi) is 5.52. The van der Waals surface area contributed by atoms with Crippen molar-refractivity contribution in [2.45, 2.75) is 57.7 Å². The highest BCUT2D eigenvalue weighted by Gasteiger charge is 2.38. The molecular weight excluding hydrogens is 415 g/mol. The van der Waals surface area contributed by atoms with Crippen LogP contribution < -0.4 is 10.9 Å². The second-order valence-electron chi connectivity index (χ2n) is 8.42. The third kappa shape index (κ3) is 4.45. The number of piperidine rings is 1. The standard InChI is InChI=1S/C20H24F3N5O3/c1-12(17(30)28-10-8-19(9-11-28)6-2-3-7-19)24-18-27-26-16(31-18)13-4-5-14(20(21,22)23)25-15(13)29/h4-5,12H,2-3,6-11H2,1H3,(H,24,27)(H,25,29)/t12-/m1/s1. The average molecular weight is 439 g/mol. The molecule has 0 unspecified atom stereocenters. The molecule has 1 aliphatic carbocycles. The zero-order chi connectivity index (χ0) is 22.2. The van der Waals surface area contributed by atoms with Gasteiger partial charge in [0.2, 0.25) is 5.91 Å². The van der Waals surface area contributed by atoms with E-state index in [0.717, 1.165) is 38.1 Å². The molecule has 1 atom stereocenters. The molecule has 0 aromatic carbocycles. The van der Waals surface area contributed by atoms with E-state index in [1.807, 2.05) is 4.90 Å². The summed E-state index contributed by atoms with van der Waals surface area (Å²) in [5.74, 6) is -0.321. The van der Waals surface area contributed by atoms with Gasteiger partial charge in [-0.25, -0.2) is 0 Å². The first-order valence-corrected chi connectivity index (χ1v) is 10.4. The number of halogens is 3. The molecule has 11 heteroatoms. The zero-order valence-electron chi connectivity index (χ0n) is 17.1. The smallest absolute Gasteiger partial charge is 0.403 e. The first kappa shape index (κ1) is 21.4. The van der Waals surface area contributed by atoms with E-state index in [9.17, 15) is 22.8 Å². The minimum atomic E-state index is -4.67. The van der Waals surface area contributed by atoms with Gasteiger partial charge in [-0.1, -0.05) is 17.9 Å². The normalized spacial score (nSPS) is 19.5. The highest BCUT2D eigenvalue weighted by Crippen LogP contribution is 2.46. The van der Waals surface area contributed by atoms with Gasteiger partial charge in [0.05, 0.1) is 0 Å². The summed E-state index contributed by atoms with van der Waals surface area (Å²) in [6.07, 6.45) is 2.41. The number of nitrogens with one attached hydrogen (secondary N) is 2. The molecule has 0 bridgehead atoms. The Hall–Kier alpha value is -2.85. The van der Waals surface area contributed by atoms with Crippen LogP contribution in [0, 0.1) is 5.41 Å². The second-order valence-corrected chi connectivity index (χ2v) is 8.42. The third-order valence-electron chi connectivity index (χ3n) is 6.38. The van der Waals surface area contributed by atoms with Crippen LogP contribution in [-0.4, -0.2) is 45.1 Å². The number of rotatable bonds is 4. The van der Waals surface area contributed by atoms with Crippen molar-refractivity contribution < 1.29 is 22.4 Å². The van der Waals surface area contributed by atoms with Gasteiger partial charge in [-0.3, -0.25) is 9.59 Å². The van der Waals surface area contributed by atoms with Crippen LogP contribution >= 0.6 is 0 Å². The van der Waals surface area contributed by atoms with Crippen LogP contribution in [0.15, 0.2) is 21.3 Å². The Morgan fingerprint density at radius 2 is 1.87 bits per heavy atom. The fourth-order valence-corrected chi connectivity index (χ4v) is 4.55. The molecule has 1 saturated carbocycles. The Labute approximate surface area is 176 Å². The molecule has 2 N–H and O–H groups in total. The second kappa shape index (κ2) is 8.01. The quantitative estimate of drug-likeness (QED) is 0.757. The Bertz CT molecular complexity index is 1000. The molecule has 8 nitrogen and oxygen atoms in total. The van der Waals surface area contributed by atoms with E-state index >= 15 is 0 Å². The Balaban J connectivity index is 1.38. The number of anilines is 1. The van der Waals surface area contributed by atoms with Gasteiger partial charge in [-0.05, 0) is 50.2 Å². The van der Waals surface area contributed by atoms with Gasteiger partial charge in [0.25, 0.3) is 11.4 Å². The molecule has 2 fully saturated rings. The summed E-state index contributed by atoms with van der Waals surface area (Å²) in [6, 6.07) is 0.990. The third-order valence-corrected chi connectivity index (χ3v) is 6.38. The molecule has 2 aromatic rings. The number of hydrogen-bond acceptors (Lipinski definition) is 6. The van der Waals surface area contributed by atoms with Crippen LogP contribution in [0.2, 0.25) is 0 Å². The van der Waals surface area contributed by atoms with Crippen molar-refractivity contribution in [1.82, 2.24) is 20.1 Å². The van der Waals surface area contributed by atoms with E-state index in [0.29, 0.717) is 5.41 Å². The molecular formula is C20H24F3N5O3. The van der Waals surface area contributed by atoms with Crippen molar-refractivity contribution in [2.24, 2.45) is 5.41 Å². The molecule has 1 amide bonds. The van der Waals surface area contributed by atoms with E-state index < -0.39 is 23.5 Å². The number of aromatic nitrogens is 3. The topological polar surface area (TPSA) is 104 Å². The van der Waals surface area contributed by atoms with Crippen molar-refractivity contribution >= 4 is 11.9 Å². The number of carbonyl (C=O) groups excluding carboxylic acids is 1. The molecule has 4 rings (SSSR count). The molecule has 168 valence electrons. The first-order valence-electron chi connectivity index (χ1n) is 10.4. The van der Waals surface area contributed by atoms with Gasteiger partial charge < -0.3 is 19.6 Å². The van der Waals surface area contributed by atoms with Crippen molar-refractivity contribution in [1.29, 1.82) is 0 Å². The Morgan fingerprint density at radius 1 is 1.19 bits per heavy atom. The number of aromatic amines is 1. The van der Waals surface area contributed by atoms with E-state index in [1.54, 1.807) is 11.9 Å². The van der Waals surface area contributed by atoms with Crippen LogP contribution in [0.5, 0.6) is 0 Å². The van der Waals surface area contributed by atoms with Gasteiger partial charge >= 0.3 is 12.2 Å². The van der Waals surface area contributed by atoms with E-state index in [2.05, 4.69) is 15.5 Å². The van der Waals surface area contributed by atoms with Crippen molar-refractivity contribution in [3.63, 3.8) is 0 Å². The van der Waals surface area contributed by atoms with Gasteiger partial charge in [-0.15, -0.1) is 5.10 Å². The minimum absolute atomic E-state index is 0.0834. The first-order chi connectivity index (χ1) is 14.7. The summed E-state index contributed by atoms with van der Waals surface area (Å²) >= 11 is 0. The summed E-state index contributed by atoms with van der Waals surface area (Å²) in [5, 5.41) is 10.3. The van der Waals surface area contributed by atoms with E-state index in [4.69, 9.17) is 4.42 Å². The summed E-state index contributed by atoms with van der Waals surface area (Å²) in [6.45, 7) is 3.12. The number of pyridine rings is 1. The van der Waals surface area contributed by atoms with Gasteiger partial charge in [-0.2, -0.15) is 13.2 Å². The SMILES string of the molecule is C[C@@H](Nc1nnc(-c2ccc(C(F)(F)F)[nH]c2=O)o1)C(=O)N1CCC2(CCCC2)CC1. The summed E-state index contributed by atoms with van der Waals surface area (Å²) in [7, 11) is 0. The summed E-state index contributed by atoms with van der Waals surface area (Å²) < 4.78 is 43.4. The lowest BCUT2D eigenvalue weighted by Crippen LogP contribution is -2.47. The largest absolute Gasteiger partial charge is 0.431 e. The monoisotopic (exact) mass is 439 g/mol. The van der Waals surface area contributed by atoms with Crippen molar-refractivity contribution in [3.05, 3.63) is 28.2 Å². The number of nitrogens with zero attached hydrogens (tertiary/aromatic N) is 3. The number of likely N-dealkylation sites (tertiary alicyclic amines) is 1. The highest BCUT2D eigenvalue weighted by atomic mass is 19.4. The van der Waals surface area contributed by atoms with Gasteiger partial charge in [0.1, 0.15) is 17.3 Å². The van der Waals surface area contributed by atoms with Crippen molar-refractivity contribution in [3.8, 4) is 11.5 Å². The predicted molar refractivity (Wildman–Crippen MR) is 105 cm³/mol. The molecule has 2 aliphatic rings. The fourth-order valence-electron chi connectivity index (χ4n) is 4.55. The van der Waals surface area contributed by atoms with Crippen molar-refractivity contribution in [2.75, 3.05) is 18.4 Å². The summed E-state index contributed by atoms with van der Waals surface area (Å²) in [5.41, 5.74) is -1.95. The lowest BCUT2D eigenvalue weighted by atomic mass is 9.77. The maximum Gasteiger partial charge on any atom is 0.431 e. The van der Waals surface area contributed by atoms with Gasteiger partial charge in [0, 0.05) is 13.1 Å². The molecule has 1 spiro atoms. The van der Waals surface area contributed by atoms with E-state index in [1.165, 1.54) is 25.7 Å². The zero-order valence-corrected chi connectivity index (χ0v) is 17.1. The van der Waals surface area contributed by atoms with Gasteiger partial charge in [0.15, 0.2) is 0 Å². The number of hydrogen-bond donors (Lipinski definition) is 2. The van der Waals surface area contributed by atoms with Crippen LogP contribution in [0.3, 0.4) is 0 Å². The number of carbonyl (C=O) groups is 1. The lowest BCUT2D eigenvalue weighted by molar-refractivity contribution is -0.141. The maximum atomic E-state index is 12.8. The van der Waals surface area contributed by atoms with E-state index in [-0.39, 0.29) is 23.4 Å². The number of alkyl halides is 3. The summed E-state index contributed by atoms with van der Waals surface area (Å²) in [4.78, 5) is 28.3. The molecule has 31 heavy (non-hydrogen) atoms. The number of H-pyrrole nitrogens is 1. The minimum Gasteiger partial charge on any atom is -0.403 e. The highest BCUT2D eigenvalue weighted by molar-refractivity contribution is 5.83. The maximum absolute atomic E-state index is 12.8. The molecule has 0 radical (unpaired) electrons. The average Bonchev–Trinajstić information content (AvgIpc) is 3.37. The number of amides is 1. The molecule has 1 aliphatic heterocycles. The Morgan fingerprint density at radius 3 is 2.48 bits per heavy atom. The van der Waals surface area contributed by atoms with Crippen LogP contribution in [0.1, 0.15) is 51.1 Å². The molecule has 3 heterocycles. The predicted octanol–water partition coefficient (Wildman–Crippen LogP) is 3.43. The lowest BCUT2D eigenvalue weighted by Gasteiger charge is -2.40.